The molecule has 0 bridgehead atoms. The summed E-state index contributed by atoms with van der Waals surface area (Å²) in [7, 11) is 1.28. The Morgan fingerprint density at radius 3 is 2.67 bits per heavy atom. The van der Waals surface area contributed by atoms with Crippen molar-refractivity contribution in [2.45, 2.75) is 31.2 Å². The van der Waals surface area contributed by atoms with Gasteiger partial charge in [0.1, 0.15) is 5.75 Å². The Labute approximate surface area is 140 Å². The normalized spacial score (nSPS) is 24.1. The smallest absolute Gasteiger partial charge is 0.438 e. The first-order valence-electron chi connectivity index (χ1n) is 7.22. The van der Waals surface area contributed by atoms with E-state index in [0.29, 0.717) is 12.8 Å². The number of carbonyl (C=O) groups is 1. The van der Waals surface area contributed by atoms with Crippen LogP contribution in [0.15, 0.2) is 23.3 Å². The number of benzene rings is 1. The minimum absolute atomic E-state index is 0.0454. The van der Waals surface area contributed by atoms with Crippen molar-refractivity contribution in [1.29, 1.82) is 0 Å². The molecule has 130 valence electrons. The molecule has 1 saturated carbocycles. The highest BCUT2D eigenvalue weighted by Crippen LogP contribution is 2.46. The van der Waals surface area contributed by atoms with Gasteiger partial charge in [-0.05, 0) is 37.0 Å². The minimum Gasteiger partial charge on any atom is -0.496 e. The number of alkyl halides is 3. The predicted molar refractivity (Wildman–Crippen MR) is 80.0 cm³/mol. The summed E-state index contributed by atoms with van der Waals surface area (Å²) < 4.78 is 45.3. The van der Waals surface area contributed by atoms with Gasteiger partial charge in [-0.2, -0.15) is 23.3 Å². The second-order valence-electron chi connectivity index (χ2n) is 5.82. The van der Waals surface area contributed by atoms with Gasteiger partial charge in [-0.15, -0.1) is 0 Å². The highest BCUT2D eigenvalue weighted by Gasteiger charge is 2.64. The summed E-state index contributed by atoms with van der Waals surface area (Å²) in [5.41, 5.74) is -3.38. The maximum absolute atomic E-state index is 13.4. The number of hydrogen-bond donors (Lipinski definition) is 1. The van der Waals surface area contributed by atoms with Crippen LogP contribution in [0.5, 0.6) is 5.75 Å². The lowest BCUT2D eigenvalue weighted by molar-refractivity contribution is -0.297. The summed E-state index contributed by atoms with van der Waals surface area (Å²) in [6, 6.07) is 3.99. The molecule has 1 fully saturated rings. The van der Waals surface area contributed by atoms with Crippen LogP contribution in [0, 0.1) is 5.92 Å². The molecule has 1 aromatic rings. The molecule has 1 aliphatic heterocycles. The number of rotatable bonds is 3. The largest absolute Gasteiger partial charge is 0.496 e. The number of hydrazone groups is 1. The van der Waals surface area contributed by atoms with Crippen molar-refractivity contribution in [3.05, 3.63) is 28.8 Å². The lowest BCUT2D eigenvalue weighted by Crippen LogP contribution is -2.56. The Balaban J connectivity index is 2.04. The quantitative estimate of drug-likeness (QED) is 0.898. The lowest BCUT2D eigenvalue weighted by Gasteiger charge is -2.32. The Morgan fingerprint density at radius 1 is 1.46 bits per heavy atom. The van der Waals surface area contributed by atoms with Crippen molar-refractivity contribution >= 4 is 23.2 Å². The summed E-state index contributed by atoms with van der Waals surface area (Å²) in [5, 5.41) is 14.2. The molecule has 1 heterocycles. The third-order valence-corrected chi connectivity index (χ3v) is 4.33. The van der Waals surface area contributed by atoms with E-state index in [0.717, 1.165) is 0 Å². The van der Waals surface area contributed by atoms with Crippen LogP contribution in [0.2, 0.25) is 5.02 Å². The molecule has 0 radical (unpaired) electrons. The summed E-state index contributed by atoms with van der Waals surface area (Å²) in [5.74, 6) is -1.19. The van der Waals surface area contributed by atoms with Crippen molar-refractivity contribution in [2.75, 3.05) is 7.11 Å². The number of hydrogen-bond acceptors (Lipinski definition) is 4. The Bertz CT molecular complexity index is 718. The van der Waals surface area contributed by atoms with E-state index < -0.39 is 24.2 Å². The fourth-order valence-electron chi connectivity index (χ4n) is 2.61. The molecule has 1 atom stereocenters. The molecule has 9 heteroatoms. The predicted octanol–water partition coefficient (Wildman–Crippen LogP) is 3.21. The van der Waals surface area contributed by atoms with Crippen LogP contribution in [-0.2, 0) is 0 Å². The van der Waals surface area contributed by atoms with E-state index in [2.05, 4.69) is 5.10 Å². The second kappa shape index (κ2) is 5.63. The topological polar surface area (TPSA) is 62.1 Å². The van der Waals surface area contributed by atoms with Gasteiger partial charge in [0, 0.05) is 17.2 Å². The molecule has 0 saturated heterocycles. The van der Waals surface area contributed by atoms with Gasteiger partial charge in [0.15, 0.2) is 0 Å². The number of methoxy groups -OCH3 is 1. The van der Waals surface area contributed by atoms with Gasteiger partial charge in [-0.25, -0.2) is 0 Å². The van der Waals surface area contributed by atoms with Crippen LogP contribution >= 0.6 is 11.6 Å². The van der Waals surface area contributed by atoms with Gasteiger partial charge in [0.05, 0.1) is 12.7 Å². The van der Waals surface area contributed by atoms with E-state index in [9.17, 15) is 23.1 Å². The van der Waals surface area contributed by atoms with Gasteiger partial charge >= 0.3 is 6.18 Å². The summed E-state index contributed by atoms with van der Waals surface area (Å²) in [6.45, 7) is 0. The number of amides is 1. The molecule has 2 aliphatic rings. The zero-order valence-corrected chi connectivity index (χ0v) is 13.4. The monoisotopic (exact) mass is 362 g/mol. The summed E-state index contributed by atoms with van der Waals surface area (Å²) in [6.07, 6.45) is -4.38. The number of nitrogens with zero attached hydrogens (tertiary/aromatic N) is 2. The highest BCUT2D eigenvalue weighted by molar-refractivity contribution is 6.31. The van der Waals surface area contributed by atoms with Gasteiger partial charge in [-0.3, -0.25) is 4.79 Å². The maximum atomic E-state index is 13.4. The van der Waals surface area contributed by atoms with Crippen LogP contribution in [-0.4, -0.2) is 40.7 Å². The average molecular weight is 363 g/mol. The van der Waals surface area contributed by atoms with Crippen LogP contribution < -0.4 is 4.74 Å². The van der Waals surface area contributed by atoms with E-state index in [1.165, 1.54) is 25.3 Å². The fraction of sp³-hybridized carbons (Fsp3) is 0.467. The van der Waals surface area contributed by atoms with Gasteiger partial charge < -0.3 is 9.84 Å². The molecule has 0 aromatic heterocycles. The molecule has 1 unspecified atom stereocenters. The van der Waals surface area contributed by atoms with Crippen molar-refractivity contribution in [2.24, 2.45) is 11.0 Å². The number of carbonyl (C=O) groups excluding carboxylic acids is 1. The molecule has 1 N–H and O–H groups in total. The van der Waals surface area contributed by atoms with E-state index in [1.54, 1.807) is 0 Å². The van der Waals surface area contributed by atoms with E-state index >= 15 is 0 Å². The van der Waals surface area contributed by atoms with Gasteiger partial charge in [0.25, 0.3) is 11.6 Å². The Morgan fingerprint density at radius 2 is 2.12 bits per heavy atom. The fourth-order valence-corrected chi connectivity index (χ4v) is 2.78. The van der Waals surface area contributed by atoms with Gasteiger partial charge in [-0.1, -0.05) is 11.6 Å². The van der Waals surface area contributed by atoms with Crippen molar-refractivity contribution in [1.82, 2.24) is 5.01 Å². The number of halogens is 4. The molecule has 3 rings (SSSR count). The van der Waals surface area contributed by atoms with Gasteiger partial charge in [0.2, 0.25) is 0 Å². The second-order valence-corrected chi connectivity index (χ2v) is 6.25. The zero-order valence-electron chi connectivity index (χ0n) is 12.6. The summed E-state index contributed by atoms with van der Waals surface area (Å²) >= 11 is 5.83. The van der Waals surface area contributed by atoms with Crippen LogP contribution in [0.3, 0.4) is 0 Å². The van der Waals surface area contributed by atoms with E-state index in [4.69, 9.17) is 16.3 Å². The maximum Gasteiger partial charge on any atom is 0.438 e. The van der Waals surface area contributed by atoms with Crippen LogP contribution in [0.4, 0.5) is 13.2 Å². The van der Waals surface area contributed by atoms with Crippen molar-refractivity contribution in [3.8, 4) is 5.75 Å². The lowest BCUT2D eigenvalue weighted by atomic mass is 10.0. The first-order valence-corrected chi connectivity index (χ1v) is 7.60. The standard InChI is InChI=1S/C15H14ClF3N2O3/c1-24-12-5-4-9(16)6-10(12)13(22)21-14(23,15(17,18)19)7-11(20-21)8-2-3-8/h4-6,8,23H,2-3,7H2,1H3. The molecular formula is C15H14ClF3N2O3. The number of ether oxygens (including phenoxy) is 1. The summed E-state index contributed by atoms with van der Waals surface area (Å²) in [4.78, 5) is 12.6. The molecule has 1 amide bonds. The molecule has 5 nitrogen and oxygen atoms in total. The SMILES string of the molecule is COc1ccc(Cl)cc1C(=O)N1N=C(C2CC2)CC1(O)C(F)(F)F. The molecule has 1 aliphatic carbocycles. The molecule has 0 spiro atoms. The third kappa shape index (κ3) is 2.73. The zero-order chi connectivity index (χ0) is 17.7. The third-order valence-electron chi connectivity index (χ3n) is 4.09. The first kappa shape index (κ1) is 17.0. The van der Waals surface area contributed by atoms with E-state index in [-0.39, 0.29) is 33.0 Å². The minimum atomic E-state index is -5.05. The average Bonchev–Trinajstić information content (AvgIpc) is 3.29. The highest BCUT2D eigenvalue weighted by atomic mass is 35.5. The number of aliphatic hydroxyl groups is 1. The van der Waals surface area contributed by atoms with Crippen molar-refractivity contribution in [3.63, 3.8) is 0 Å². The molecule has 24 heavy (non-hydrogen) atoms. The Hall–Kier alpha value is -1.80. The van der Waals surface area contributed by atoms with Crippen LogP contribution in [0.1, 0.15) is 29.6 Å². The molecular weight excluding hydrogens is 349 g/mol. The van der Waals surface area contributed by atoms with Crippen molar-refractivity contribution < 1.29 is 27.8 Å². The first-order chi connectivity index (χ1) is 11.2. The Kier molecular flexibility index (Phi) is 4.00. The van der Waals surface area contributed by atoms with Crippen LogP contribution in [0.25, 0.3) is 0 Å². The molecule has 1 aromatic carbocycles. The van der Waals surface area contributed by atoms with E-state index in [1.807, 2.05) is 0 Å².